The maximum Gasteiger partial charge on any atom is 0.317 e. The molecule has 7 nitrogen and oxygen atoms in total. The smallest absolute Gasteiger partial charge is 0.317 e. The first-order chi connectivity index (χ1) is 10.3. The Hall–Kier alpha value is -1.19. The van der Waals surface area contributed by atoms with Crippen LogP contribution >= 0.6 is 11.3 Å². The highest BCUT2D eigenvalue weighted by atomic mass is 32.2. The number of carbonyl (C=O) groups is 1. The molecule has 9 heteroatoms. The zero-order valence-electron chi connectivity index (χ0n) is 12.7. The molecule has 2 heterocycles. The van der Waals surface area contributed by atoms with E-state index in [1.807, 2.05) is 13.1 Å². The van der Waals surface area contributed by atoms with Gasteiger partial charge in [0, 0.05) is 43.4 Å². The summed E-state index contributed by atoms with van der Waals surface area (Å²) in [7, 11) is -3.11. The van der Waals surface area contributed by atoms with Crippen LogP contribution in [0.3, 0.4) is 0 Å². The van der Waals surface area contributed by atoms with Crippen LogP contribution in [0.25, 0.3) is 0 Å². The average Bonchev–Trinajstić information content (AvgIpc) is 2.83. The number of nitrogens with one attached hydrogen (secondary N) is 1. The molecule has 1 N–H and O–H groups in total. The van der Waals surface area contributed by atoms with Crippen LogP contribution in [-0.4, -0.2) is 68.7 Å². The molecule has 22 heavy (non-hydrogen) atoms. The van der Waals surface area contributed by atoms with Crippen molar-refractivity contribution in [1.82, 2.24) is 15.2 Å². The molecule has 1 fully saturated rings. The van der Waals surface area contributed by atoms with Gasteiger partial charge in [0.2, 0.25) is 0 Å². The lowest BCUT2D eigenvalue weighted by Crippen LogP contribution is -2.51. The van der Waals surface area contributed by atoms with E-state index in [2.05, 4.69) is 10.3 Å². The Labute approximate surface area is 134 Å². The molecule has 0 aliphatic carbocycles. The van der Waals surface area contributed by atoms with Gasteiger partial charge >= 0.3 is 6.03 Å². The van der Waals surface area contributed by atoms with Crippen molar-refractivity contribution in [1.29, 1.82) is 0 Å². The minimum atomic E-state index is -3.11. The highest BCUT2D eigenvalue weighted by Gasteiger charge is 2.26. The molecule has 1 aliphatic heterocycles. The van der Waals surface area contributed by atoms with E-state index in [1.165, 1.54) is 6.26 Å². The first-order valence-electron chi connectivity index (χ1n) is 7.07. The van der Waals surface area contributed by atoms with Gasteiger partial charge in [0.05, 0.1) is 23.5 Å². The van der Waals surface area contributed by atoms with E-state index in [1.54, 1.807) is 16.2 Å². The third-order valence-corrected chi connectivity index (χ3v) is 5.18. The Morgan fingerprint density at radius 1 is 1.59 bits per heavy atom. The molecule has 2 rings (SSSR count). The Morgan fingerprint density at radius 3 is 3.00 bits per heavy atom. The molecule has 1 saturated heterocycles. The predicted octanol–water partition coefficient (Wildman–Crippen LogP) is 0.449. The summed E-state index contributed by atoms with van der Waals surface area (Å²) in [6.45, 7) is 3.63. The first kappa shape index (κ1) is 17.2. The third-order valence-electron chi connectivity index (χ3n) is 3.23. The molecule has 0 spiro atoms. The van der Waals surface area contributed by atoms with E-state index in [0.717, 1.165) is 16.3 Å². The van der Waals surface area contributed by atoms with E-state index < -0.39 is 15.9 Å². The number of rotatable bonds is 5. The van der Waals surface area contributed by atoms with E-state index >= 15 is 0 Å². The summed E-state index contributed by atoms with van der Waals surface area (Å²) in [5, 5.41) is 3.87. The zero-order valence-corrected chi connectivity index (χ0v) is 14.4. The number of sulfone groups is 1. The summed E-state index contributed by atoms with van der Waals surface area (Å²) in [6.07, 6.45) is 3.29. The van der Waals surface area contributed by atoms with Crippen LogP contribution in [0.15, 0.2) is 6.20 Å². The van der Waals surface area contributed by atoms with Gasteiger partial charge in [-0.3, -0.25) is 0 Å². The monoisotopic (exact) mass is 347 g/mol. The van der Waals surface area contributed by atoms with Crippen LogP contribution in [0.1, 0.15) is 9.88 Å². The van der Waals surface area contributed by atoms with Crippen molar-refractivity contribution in [2.45, 2.75) is 19.4 Å². The number of amides is 2. The van der Waals surface area contributed by atoms with Gasteiger partial charge in [-0.25, -0.2) is 18.2 Å². The summed E-state index contributed by atoms with van der Waals surface area (Å²) in [6, 6.07) is -0.178. The lowest BCUT2D eigenvalue weighted by molar-refractivity contribution is -0.00161. The van der Waals surface area contributed by atoms with Crippen molar-refractivity contribution in [3.05, 3.63) is 16.1 Å². The lowest BCUT2D eigenvalue weighted by Gasteiger charge is -2.32. The largest absolute Gasteiger partial charge is 0.373 e. The molecular formula is C13H21N3O4S2. The van der Waals surface area contributed by atoms with Gasteiger partial charge in [0.15, 0.2) is 0 Å². The highest BCUT2D eigenvalue weighted by Crippen LogP contribution is 2.12. The topological polar surface area (TPSA) is 88.6 Å². The number of carbonyl (C=O) groups excluding carboxylic acids is 1. The first-order valence-corrected chi connectivity index (χ1v) is 9.94. The molecule has 1 atom stereocenters. The van der Waals surface area contributed by atoms with Gasteiger partial charge in [-0.15, -0.1) is 11.3 Å². The van der Waals surface area contributed by atoms with Crippen LogP contribution in [0.4, 0.5) is 4.79 Å². The molecule has 1 unspecified atom stereocenters. The Morgan fingerprint density at radius 2 is 2.36 bits per heavy atom. The normalized spacial score (nSPS) is 19.2. The second-order valence-corrected chi connectivity index (χ2v) is 8.86. The van der Waals surface area contributed by atoms with Crippen molar-refractivity contribution >= 4 is 27.2 Å². The van der Waals surface area contributed by atoms with Crippen molar-refractivity contribution in [2.24, 2.45) is 0 Å². The number of ether oxygens (including phenoxy) is 1. The van der Waals surface area contributed by atoms with Crippen LogP contribution in [0.2, 0.25) is 0 Å². The molecule has 1 aromatic rings. The number of aryl methyl sites for hydroxylation is 1. The minimum Gasteiger partial charge on any atom is -0.373 e. The average molecular weight is 347 g/mol. The molecule has 0 bridgehead atoms. The molecule has 2 amide bonds. The summed E-state index contributed by atoms with van der Waals surface area (Å²) in [5.74, 6) is -0.0586. The van der Waals surface area contributed by atoms with Crippen molar-refractivity contribution in [3.63, 3.8) is 0 Å². The number of thiazole rings is 1. The quantitative estimate of drug-likeness (QED) is 0.835. The molecule has 124 valence electrons. The maximum atomic E-state index is 12.1. The number of nitrogens with zero attached hydrogens (tertiary/aromatic N) is 2. The van der Waals surface area contributed by atoms with E-state index in [9.17, 15) is 13.2 Å². The molecule has 0 saturated carbocycles. The third kappa shape index (κ3) is 5.54. The standard InChI is InChI=1S/C13H21N3O4S2/c1-10-15-7-12(21-10)3-4-14-13(17)16-5-6-20-11(8-16)9-22(2,18)19/h7,11H,3-6,8-9H2,1-2H3,(H,14,17). The number of urea groups is 1. The fourth-order valence-electron chi connectivity index (χ4n) is 2.27. The van der Waals surface area contributed by atoms with Crippen molar-refractivity contribution in [3.8, 4) is 0 Å². The Balaban J connectivity index is 1.76. The zero-order chi connectivity index (χ0) is 16.2. The number of aromatic nitrogens is 1. The molecular weight excluding hydrogens is 326 g/mol. The van der Waals surface area contributed by atoms with Crippen molar-refractivity contribution < 1.29 is 17.9 Å². The summed E-state index contributed by atoms with van der Waals surface area (Å²) in [4.78, 5) is 19.0. The van der Waals surface area contributed by atoms with Crippen LogP contribution < -0.4 is 5.32 Å². The summed E-state index contributed by atoms with van der Waals surface area (Å²) < 4.78 is 28.0. The van der Waals surface area contributed by atoms with E-state index in [4.69, 9.17) is 4.74 Å². The van der Waals surface area contributed by atoms with Gasteiger partial charge < -0.3 is 15.0 Å². The maximum absolute atomic E-state index is 12.1. The molecule has 1 aromatic heterocycles. The molecule has 0 radical (unpaired) electrons. The SMILES string of the molecule is Cc1ncc(CCNC(=O)N2CCOC(CS(C)(=O)=O)C2)s1. The molecule has 0 aromatic carbocycles. The summed E-state index contributed by atoms with van der Waals surface area (Å²) in [5.41, 5.74) is 0. The van der Waals surface area contributed by atoms with Gasteiger partial charge in [-0.05, 0) is 6.92 Å². The van der Waals surface area contributed by atoms with Crippen molar-refractivity contribution in [2.75, 3.05) is 38.2 Å². The fraction of sp³-hybridized carbons (Fsp3) is 0.692. The molecule has 1 aliphatic rings. The fourth-order valence-corrected chi connectivity index (χ4v) is 3.94. The Kier molecular flexibility index (Phi) is 5.76. The van der Waals surface area contributed by atoms with Gasteiger partial charge in [-0.1, -0.05) is 0 Å². The predicted molar refractivity (Wildman–Crippen MR) is 85.0 cm³/mol. The second kappa shape index (κ2) is 7.38. The summed E-state index contributed by atoms with van der Waals surface area (Å²) >= 11 is 1.62. The highest BCUT2D eigenvalue weighted by molar-refractivity contribution is 7.90. The lowest BCUT2D eigenvalue weighted by atomic mass is 10.3. The van der Waals surface area contributed by atoms with Gasteiger partial charge in [0.1, 0.15) is 9.84 Å². The van der Waals surface area contributed by atoms with Gasteiger partial charge in [-0.2, -0.15) is 0 Å². The van der Waals surface area contributed by atoms with Crippen LogP contribution in [0, 0.1) is 6.92 Å². The van der Waals surface area contributed by atoms with E-state index in [-0.39, 0.29) is 11.8 Å². The van der Waals surface area contributed by atoms with Crippen LogP contribution in [0.5, 0.6) is 0 Å². The Bertz CT molecular complexity index is 615. The van der Waals surface area contributed by atoms with Gasteiger partial charge in [0.25, 0.3) is 0 Å². The second-order valence-electron chi connectivity index (χ2n) is 5.36. The van der Waals surface area contributed by atoms with E-state index in [0.29, 0.717) is 26.2 Å². The number of hydrogen-bond donors (Lipinski definition) is 1. The van der Waals surface area contributed by atoms with Crippen LogP contribution in [-0.2, 0) is 21.0 Å². The number of morpholine rings is 1. The number of hydrogen-bond acceptors (Lipinski definition) is 6. The minimum absolute atomic E-state index is 0.0586.